The zero-order valence-electron chi connectivity index (χ0n) is 55.7. The Kier molecular flexibility index (Phi) is 31.4. The summed E-state index contributed by atoms with van der Waals surface area (Å²) in [6.45, 7) is 30.0. The molecule has 1 saturated heterocycles. The van der Waals surface area contributed by atoms with Crippen molar-refractivity contribution in [2.75, 3.05) is 55.9 Å². The Morgan fingerprint density at radius 3 is 1.39 bits per heavy atom. The highest BCUT2D eigenvalue weighted by Crippen LogP contribution is 2.27. The molecule has 1 aliphatic heterocycles. The summed E-state index contributed by atoms with van der Waals surface area (Å²) < 4.78 is 0. The second-order valence-corrected chi connectivity index (χ2v) is 25.6. The predicted octanol–water partition coefficient (Wildman–Crippen LogP) is 4.30. The van der Waals surface area contributed by atoms with Crippen molar-refractivity contribution in [2.24, 2.45) is 41.4 Å². The van der Waals surface area contributed by atoms with Crippen molar-refractivity contribution < 1.29 is 52.7 Å². The highest BCUT2D eigenvalue weighted by atomic mass is 16.2. The SMILES string of the molecule is C/C=C/CC(C)C(C)C1C(=O)NC(CC)C(=O)N(C)CC(=O)N(C)C(CC(C)C)C(=O)NC(C(C)C)C(=O)N(C)C(CC(C)C)C(=O)NC(C)C(=O)NC(C)C(=O)N(C)C(CCC)C(=O)N(C)C(CC(C)C)C(=O)N(C)C(C(C)C)C(=O)N1C. The molecule has 12 unspecified atom stereocenters. The molecule has 84 heavy (non-hydrogen) atoms. The number of likely N-dealkylation sites (N-methyl/N-ethyl adjacent to an activating group) is 7. The van der Waals surface area contributed by atoms with E-state index in [1.54, 1.807) is 34.6 Å². The first-order chi connectivity index (χ1) is 38.9. The van der Waals surface area contributed by atoms with Gasteiger partial charge in [-0.1, -0.05) is 116 Å². The number of rotatable bonds is 15. The third kappa shape index (κ3) is 20.9. The van der Waals surface area contributed by atoms with Crippen LogP contribution in [0, 0.1) is 41.4 Å². The Morgan fingerprint density at radius 2 is 0.917 bits per heavy atom. The van der Waals surface area contributed by atoms with Crippen LogP contribution in [0.15, 0.2) is 12.2 Å². The van der Waals surface area contributed by atoms with Crippen LogP contribution in [0.5, 0.6) is 0 Å². The van der Waals surface area contributed by atoms with Gasteiger partial charge in [-0.25, -0.2) is 0 Å². The van der Waals surface area contributed by atoms with Gasteiger partial charge in [0.2, 0.25) is 65.0 Å². The van der Waals surface area contributed by atoms with Gasteiger partial charge in [-0.15, -0.1) is 0 Å². The van der Waals surface area contributed by atoms with Crippen LogP contribution >= 0.6 is 0 Å². The van der Waals surface area contributed by atoms with Crippen molar-refractivity contribution in [1.29, 1.82) is 0 Å². The molecule has 11 amide bonds. The lowest BCUT2D eigenvalue weighted by atomic mass is 9.84. The summed E-state index contributed by atoms with van der Waals surface area (Å²) >= 11 is 0. The van der Waals surface area contributed by atoms with Crippen molar-refractivity contribution in [2.45, 2.75) is 223 Å². The fraction of sp³-hybridized carbons (Fsp3) is 0.790. The molecule has 480 valence electrons. The molecule has 0 aromatic heterocycles. The molecule has 1 fully saturated rings. The average molecular weight is 1190 g/mol. The Balaban J connectivity index is 4.29. The molecule has 1 heterocycles. The number of amides is 11. The predicted molar refractivity (Wildman–Crippen MR) is 327 cm³/mol. The Bertz CT molecular complexity index is 2290. The quantitative estimate of drug-likeness (QED) is 0.168. The minimum atomic E-state index is -1.21. The molecule has 0 aromatic rings. The van der Waals surface area contributed by atoms with Crippen LogP contribution in [0.1, 0.15) is 163 Å². The largest absolute Gasteiger partial charge is 0.343 e. The lowest BCUT2D eigenvalue weighted by Gasteiger charge is -2.42. The average Bonchev–Trinajstić information content (AvgIpc) is 3.45. The first-order valence-corrected chi connectivity index (χ1v) is 30.5. The molecule has 0 aromatic carbocycles. The van der Waals surface area contributed by atoms with Crippen LogP contribution in [0.4, 0.5) is 0 Å². The molecule has 0 aliphatic carbocycles. The summed E-state index contributed by atoms with van der Waals surface area (Å²) in [6.07, 6.45) is 5.73. The van der Waals surface area contributed by atoms with Crippen molar-refractivity contribution in [1.82, 2.24) is 55.6 Å². The van der Waals surface area contributed by atoms with Gasteiger partial charge in [0.15, 0.2) is 0 Å². The molecule has 22 heteroatoms. The van der Waals surface area contributed by atoms with Crippen molar-refractivity contribution in [3.8, 4) is 0 Å². The van der Waals surface area contributed by atoms with E-state index in [4.69, 9.17) is 0 Å². The summed E-state index contributed by atoms with van der Waals surface area (Å²) in [5.41, 5.74) is 0. The number of hydrogen-bond donors (Lipinski definition) is 4. The van der Waals surface area contributed by atoms with Gasteiger partial charge in [0.05, 0.1) is 6.54 Å². The summed E-state index contributed by atoms with van der Waals surface area (Å²) in [5.74, 6) is -8.72. The number of nitrogens with one attached hydrogen (secondary N) is 4. The van der Waals surface area contributed by atoms with Crippen LogP contribution in [-0.2, 0) is 52.7 Å². The topological polar surface area (TPSA) is 259 Å². The zero-order chi connectivity index (χ0) is 65.1. The van der Waals surface area contributed by atoms with Crippen LogP contribution in [-0.4, -0.2) is 216 Å². The van der Waals surface area contributed by atoms with Crippen LogP contribution < -0.4 is 21.3 Å². The molecule has 1 aliphatic rings. The fourth-order valence-electron chi connectivity index (χ4n) is 10.8. The van der Waals surface area contributed by atoms with Crippen molar-refractivity contribution >= 4 is 65.0 Å². The van der Waals surface area contributed by atoms with E-state index in [-0.39, 0.29) is 55.8 Å². The normalized spacial score (nSPS) is 27.0. The minimum Gasteiger partial charge on any atom is -0.343 e. The van der Waals surface area contributed by atoms with Crippen LogP contribution in [0.25, 0.3) is 0 Å². The molecule has 22 nitrogen and oxygen atoms in total. The number of allylic oxidation sites excluding steroid dienone is 2. The van der Waals surface area contributed by atoms with Crippen LogP contribution in [0.2, 0.25) is 0 Å². The molecule has 0 spiro atoms. The summed E-state index contributed by atoms with van der Waals surface area (Å²) in [4.78, 5) is 169. The van der Waals surface area contributed by atoms with Gasteiger partial charge in [0, 0.05) is 49.3 Å². The van der Waals surface area contributed by atoms with E-state index in [1.165, 1.54) is 97.5 Å². The van der Waals surface area contributed by atoms with E-state index < -0.39 is 150 Å². The Morgan fingerprint density at radius 1 is 0.464 bits per heavy atom. The lowest BCUT2D eigenvalue weighted by molar-refractivity contribution is -0.156. The Labute approximate surface area is 504 Å². The standard InChI is InChI=1S/C62H111N11O11/c1-25-28-30-40(14)41(15)52-56(78)65-44(27-3)58(80)67(18)34-49(74)68(19)46(31-35(4)5)55(77)66-50(38(10)11)61(83)70(21)47(32-36(6)7)54(76)63-42(16)53(75)64-43(17)57(79)69(20)45(29-26-2)59(81)71(22)48(33-37(8)9)60(82)72(23)51(39(12)13)62(84)73(52)24/h25,28,35-48,50-52H,26-27,29-34H2,1-24H3,(H,63,76)(H,64,75)(H,65,78)(H,66,77)/b28-25+. The highest BCUT2D eigenvalue weighted by Gasteiger charge is 2.45. The first kappa shape index (κ1) is 75.9. The zero-order valence-corrected chi connectivity index (χ0v) is 55.7. The molecule has 1 rings (SSSR count). The van der Waals surface area contributed by atoms with Crippen LogP contribution in [0.3, 0.4) is 0 Å². The van der Waals surface area contributed by atoms with E-state index in [0.717, 1.165) is 0 Å². The highest BCUT2D eigenvalue weighted by molar-refractivity contribution is 5.99. The second kappa shape index (κ2) is 34.8. The maximum atomic E-state index is 15.2. The summed E-state index contributed by atoms with van der Waals surface area (Å²) in [7, 11) is 10.3. The fourth-order valence-corrected chi connectivity index (χ4v) is 10.8. The van der Waals surface area contributed by atoms with Crippen molar-refractivity contribution in [3.05, 3.63) is 12.2 Å². The number of carbonyl (C=O) groups excluding carboxylic acids is 11. The van der Waals surface area contributed by atoms with Crippen molar-refractivity contribution in [3.63, 3.8) is 0 Å². The van der Waals surface area contributed by atoms with E-state index in [2.05, 4.69) is 21.3 Å². The first-order valence-electron chi connectivity index (χ1n) is 30.5. The third-order valence-corrected chi connectivity index (χ3v) is 16.4. The molecular weight excluding hydrogens is 1070 g/mol. The number of hydrogen-bond acceptors (Lipinski definition) is 11. The molecule has 0 saturated carbocycles. The lowest BCUT2D eigenvalue weighted by Crippen LogP contribution is -2.62. The maximum absolute atomic E-state index is 15.2. The van der Waals surface area contributed by atoms with Gasteiger partial charge in [0.25, 0.3) is 0 Å². The number of nitrogens with zero attached hydrogens (tertiary/aromatic N) is 7. The molecule has 4 N–H and O–H groups in total. The maximum Gasteiger partial charge on any atom is 0.246 e. The summed E-state index contributed by atoms with van der Waals surface area (Å²) in [6, 6.07) is -11.4. The minimum absolute atomic E-state index is 0.106. The van der Waals surface area contributed by atoms with E-state index in [9.17, 15) is 43.2 Å². The molecule has 0 radical (unpaired) electrons. The number of carbonyl (C=O) groups is 11. The molecule has 0 bridgehead atoms. The van der Waals surface area contributed by atoms with Gasteiger partial charge in [0.1, 0.15) is 60.4 Å². The van der Waals surface area contributed by atoms with E-state index in [0.29, 0.717) is 12.8 Å². The Hall–Kier alpha value is -6.09. The molecular formula is C62H111N11O11. The third-order valence-electron chi connectivity index (χ3n) is 16.4. The molecule has 12 atom stereocenters. The van der Waals surface area contributed by atoms with Gasteiger partial charge in [-0.2, -0.15) is 0 Å². The van der Waals surface area contributed by atoms with Gasteiger partial charge < -0.3 is 55.6 Å². The van der Waals surface area contributed by atoms with Gasteiger partial charge in [-0.3, -0.25) is 52.7 Å². The van der Waals surface area contributed by atoms with Gasteiger partial charge in [-0.05, 0) is 101 Å². The van der Waals surface area contributed by atoms with Gasteiger partial charge >= 0.3 is 0 Å². The second-order valence-electron chi connectivity index (χ2n) is 25.6. The van der Waals surface area contributed by atoms with E-state index >= 15 is 9.59 Å². The summed E-state index contributed by atoms with van der Waals surface area (Å²) in [5, 5.41) is 11.2. The van der Waals surface area contributed by atoms with E-state index in [1.807, 2.05) is 81.4 Å². The smallest absolute Gasteiger partial charge is 0.246 e. The monoisotopic (exact) mass is 1190 g/mol.